The number of thiophene rings is 1. The van der Waals surface area contributed by atoms with Crippen molar-refractivity contribution in [3.63, 3.8) is 0 Å². The number of aryl methyl sites for hydroxylation is 1. The van der Waals surface area contributed by atoms with Crippen LogP contribution < -0.4 is 0 Å². The van der Waals surface area contributed by atoms with Gasteiger partial charge in [0.2, 0.25) is 0 Å². The Kier molecular flexibility index (Phi) is 2.49. The van der Waals surface area contributed by atoms with Gasteiger partial charge in [-0.1, -0.05) is 0 Å². The predicted octanol–water partition coefficient (Wildman–Crippen LogP) is 3.14. The van der Waals surface area contributed by atoms with Crippen LogP contribution in [0.4, 0.5) is 0 Å². The second-order valence-corrected chi connectivity index (χ2v) is 5.11. The van der Waals surface area contributed by atoms with Gasteiger partial charge in [-0.15, -0.1) is 11.3 Å². The van der Waals surface area contributed by atoms with Gasteiger partial charge in [-0.2, -0.15) is 0 Å². The molecular weight excluding hydrogens is 180 g/mol. The summed E-state index contributed by atoms with van der Waals surface area (Å²) in [4.78, 5) is 13.3. The lowest BCUT2D eigenvalue weighted by Crippen LogP contribution is -1.99. The van der Waals surface area contributed by atoms with Gasteiger partial charge in [0.15, 0.2) is 0 Å². The molecular formula is C11H14OS. The quantitative estimate of drug-likeness (QED) is 0.673. The van der Waals surface area contributed by atoms with Gasteiger partial charge in [-0.3, -0.25) is 0 Å². The van der Waals surface area contributed by atoms with E-state index in [0.717, 1.165) is 12.2 Å². The SMILES string of the molecule is Cc1ccc(C(CC=O)C2CC2)s1. The molecule has 2 rings (SSSR count). The third-order valence-corrected chi connectivity index (χ3v) is 3.80. The molecule has 1 atom stereocenters. The molecule has 13 heavy (non-hydrogen) atoms. The lowest BCUT2D eigenvalue weighted by atomic mass is 9.99. The number of hydrogen-bond acceptors (Lipinski definition) is 2. The number of hydrogen-bond donors (Lipinski definition) is 0. The van der Waals surface area contributed by atoms with E-state index in [9.17, 15) is 4.79 Å². The summed E-state index contributed by atoms with van der Waals surface area (Å²) < 4.78 is 0. The van der Waals surface area contributed by atoms with E-state index in [4.69, 9.17) is 0 Å². The molecule has 70 valence electrons. The number of rotatable bonds is 4. The van der Waals surface area contributed by atoms with Gasteiger partial charge in [-0.25, -0.2) is 0 Å². The highest BCUT2D eigenvalue weighted by atomic mass is 32.1. The minimum Gasteiger partial charge on any atom is -0.303 e. The Morgan fingerprint density at radius 3 is 2.85 bits per heavy atom. The average Bonchev–Trinajstić information content (AvgIpc) is 2.85. The van der Waals surface area contributed by atoms with E-state index in [1.807, 2.05) is 11.3 Å². The largest absolute Gasteiger partial charge is 0.303 e. The topological polar surface area (TPSA) is 17.1 Å². The summed E-state index contributed by atoms with van der Waals surface area (Å²) in [5.74, 6) is 1.32. The van der Waals surface area contributed by atoms with E-state index in [1.54, 1.807) is 0 Å². The summed E-state index contributed by atoms with van der Waals surface area (Å²) in [5, 5.41) is 0. The minimum atomic E-state index is 0.524. The molecule has 0 aromatic carbocycles. The lowest BCUT2D eigenvalue weighted by Gasteiger charge is -2.09. The van der Waals surface area contributed by atoms with Crippen molar-refractivity contribution in [1.82, 2.24) is 0 Å². The molecule has 0 N–H and O–H groups in total. The highest BCUT2D eigenvalue weighted by molar-refractivity contribution is 7.12. The van der Waals surface area contributed by atoms with Crippen LogP contribution in [0.5, 0.6) is 0 Å². The van der Waals surface area contributed by atoms with Gasteiger partial charge in [0, 0.05) is 22.1 Å². The highest BCUT2D eigenvalue weighted by Crippen LogP contribution is 2.45. The Balaban J connectivity index is 2.14. The molecule has 0 radical (unpaired) electrons. The molecule has 1 aromatic heterocycles. The van der Waals surface area contributed by atoms with Crippen molar-refractivity contribution >= 4 is 17.6 Å². The van der Waals surface area contributed by atoms with E-state index in [2.05, 4.69) is 19.1 Å². The van der Waals surface area contributed by atoms with Gasteiger partial charge in [0.1, 0.15) is 6.29 Å². The fourth-order valence-corrected chi connectivity index (χ4v) is 2.88. The molecule has 0 spiro atoms. The molecule has 0 bridgehead atoms. The molecule has 1 nitrogen and oxygen atoms in total. The molecule has 1 saturated carbocycles. The summed E-state index contributed by atoms with van der Waals surface area (Å²) in [6, 6.07) is 4.34. The molecule has 1 unspecified atom stereocenters. The van der Waals surface area contributed by atoms with E-state index in [-0.39, 0.29) is 0 Å². The summed E-state index contributed by atoms with van der Waals surface area (Å²) in [7, 11) is 0. The third kappa shape index (κ3) is 1.99. The van der Waals surface area contributed by atoms with Crippen LogP contribution in [-0.2, 0) is 4.79 Å². The molecule has 1 aliphatic rings. The molecule has 0 amide bonds. The third-order valence-electron chi connectivity index (χ3n) is 2.67. The van der Waals surface area contributed by atoms with Crippen molar-refractivity contribution in [2.24, 2.45) is 5.92 Å². The first-order chi connectivity index (χ1) is 6.31. The van der Waals surface area contributed by atoms with Crippen LogP contribution in [0.3, 0.4) is 0 Å². The summed E-state index contributed by atoms with van der Waals surface area (Å²) in [6.07, 6.45) is 4.41. The van der Waals surface area contributed by atoms with Crippen LogP contribution in [0.15, 0.2) is 12.1 Å². The molecule has 0 aliphatic heterocycles. The summed E-state index contributed by atoms with van der Waals surface area (Å²) in [5.41, 5.74) is 0. The molecule has 0 saturated heterocycles. The molecule has 1 heterocycles. The monoisotopic (exact) mass is 194 g/mol. The molecule has 2 heteroatoms. The molecule has 1 aliphatic carbocycles. The lowest BCUT2D eigenvalue weighted by molar-refractivity contribution is -0.108. The van der Waals surface area contributed by atoms with Gasteiger partial charge < -0.3 is 4.79 Å². The highest BCUT2D eigenvalue weighted by Gasteiger charge is 2.32. The Morgan fingerprint density at radius 2 is 2.38 bits per heavy atom. The van der Waals surface area contributed by atoms with E-state index in [1.165, 1.54) is 22.6 Å². The normalized spacial score (nSPS) is 18.5. The van der Waals surface area contributed by atoms with Gasteiger partial charge >= 0.3 is 0 Å². The van der Waals surface area contributed by atoms with Crippen molar-refractivity contribution in [2.75, 3.05) is 0 Å². The van der Waals surface area contributed by atoms with E-state index >= 15 is 0 Å². The Hall–Kier alpha value is -0.630. The van der Waals surface area contributed by atoms with Crippen LogP contribution >= 0.6 is 11.3 Å². The first-order valence-electron chi connectivity index (χ1n) is 4.81. The summed E-state index contributed by atoms with van der Waals surface area (Å²) >= 11 is 1.85. The number of carbonyl (C=O) groups excluding carboxylic acids is 1. The first-order valence-corrected chi connectivity index (χ1v) is 5.63. The van der Waals surface area contributed by atoms with Crippen molar-refractivity contribution < 1.29 is 4.79 Å². The smallest absolute Gasteiger partial charge is 0.120 e. The Bertz CT molecular complexity index is 299. The molecule has 1 aromatic rings. The zero-order valence-corrected chi connectivity index (χ0v) is 8.64. The Morgan fingerprint density at radius 1 is 1.62 bits per heavy atom. The van der Waals surface area contributed by atoms with Crippen LogP contribution in [0.25, 0.3) is 0 Å². The first kappa shape index (κ1) is 8.95. The second-order valence-electron chi connectivity index (χ2n) is 3.79. The Labute approximate surface area is 82.8 Å². The number of aldehydes is 1. The maximum Gasteiger partial charge on any atom is 0.120 e. The average molecular weight is 194 g/mol. The van der Waals surface area contributed by atoms with Gasteiger partial charge in [-0.05, 0) is 37.8 Å². The van der Waals surface area contributed by atoms with Crippen LogP contribution in [0.2, 0.25) is 0 Å². The predicted molar refractivity (Wildman–Crippen MR) is 55.2 cm³/mol. The standard InChI is InChI=1S/C11H14OS/c1-8-2-5-11(13-8)10(6-7-12)9-3-4-9/h2,5,7,9-10H,3-4,6H2,1H3. The number of carbonyl (C=O) groups is 1. The van der Waals surface area contributed by atoms with Crippen LogP contribution in [0, 0.1) is 12.8 Å². The van der Waals surface area contributed by atoms with Crippen molar-refractivity contribution in [3.8, 4) is 0 Å². The zero-order chi connectivity index (χ0) is 9.26. The molecule has 1 fully saturated rings. The summed E-state index contributed by atoms with van der Waals surface area (Å²) in [6.45, 7) is 2.12. The fourth-order valence-electron chi connectivity index (χ4n) is 1.80. The van der Waals surface area contributed by atoms with Gasteiger partial charge in [0.05, 0.1) is 0 Å². The minimum absolute atomic E-state index is 0.524. The van der Waals surface area contributed by atoms with Gasteiger partial charge in [0.25, 0.3) is 0 Å². The zero-order valence-electron chi connectivity index (χ0n) is 7.82. The van der Waals surface area contributed by atoms with E-state index in [0.29, 0.717) is 12.3 Å². The fraction of sp³-hybridized carbons (Fsp3) is 0.545. The van der Waals surface area contributed by atoms with Crippen LogP contribution in [0.1, 0.15) is 34.9 Å². The van der Waals surface area contributed by atoms with E-state index < -0.39 is 0 Å². The van der Waals surface area contributed by atoms with Crippen molar-refractivity contribution in [2.45, 2.75) is 32.1 Å². The van der Waals surface area contributed by atoms with Crippen molar-refractivity contribution in [3.05, 3.63) is 21.9 Å². The van der Waals surface area contributed by atoms with Crippen molar-refractivity contribution in [1.29, 1.82) is 0 Å². The maximum absolute atomic E-state index is 10.5. The second kappa shape index (κ2) is 3.62. The van der Waals surface area contributed by atoms with Crippen LogP contribution in [-0.4, -0.2) is 6.29 Å². The maximum atomic E-state index is 10.5.